The van der Waals surface area contributed by atoms with Gasteiger partial charge in [0.15, 0.2) is 0 Å². The van der Waals surface area contributed by atoms with Crippen molar-refractivity contribution in [1.29, 1.82) is 0 Å². The smallest absolute Gasteiger partial charge is 0.0645 e. The lowest BCUT2D eigenvalue weighted by Gasteiger charge is -2.47. The summed E-state index contributed by atoms with van der Waals surface area (Å²) in [5.74, 6) is 0.664. The quantitative estimate of drug-likeness (QED) is 0.754. The molecule has 1 unspecified atom stereocenters. The lowest BCUT2D eigenvalue weighted by molar-refractivity contribution is -0.0694. The molecule has 0 radical (unpaired) electrons. The predicted molar refractivity (Wildman–Crippen MR) is 75.2 cm³/mol. The standard InChI is InChI=1S/C15H28N2O2/c1-14(2)11-19-8-7-17(14)9-15(10-18,12-3-4-12)16-13-5-6-13/h12-13,16,18H,3-11H2,1-2H3. The van der Waals surface area contributed by atoms with Gasteiger partial charge in [0.25, 0.3) is 0 Å². The average molecular weight is 268 g/mol. The maximum atomic E-state index is 10.0. The minimum absolute atomic E-state index is 0.0736. The predicted octanol–water partition coefficient (Wildman–Crippen LogP) is 0.990. The van der Waals surface area contributed by atoms with Crippen molar-refractivity contribution in [2.24, 2.45) is 5.92 Å². The lowest BCUT2D eigenvalue weighted by atomic mass is 9.90. The Bertz CT molecular complexity index is 326. The molecule has 3 aliphatic rings. The van der Waals surface area contributed by atoms with Gasteiger partial charge in [0.05, 0.1) is 25.4 Å². The third kappa shape index (κ3) is 2.97. The van der Waals surface area contributed by atoms with E-state index < -0.39 is 0 Å². The van der Waals surface area contributed by atoms with Crippen molar-refractivity contribution in [1.82, 2.24) is 10.2 Å². The number of hydrogen-bond acceptors (Lipinski definition) is 4. The number of hydrogen-bond donors (Lipinski definition) is 2. The van der Waals surface area contributed by atoms with Gasteiger partial charge < -0.3 is 15.2 Å². The number of nitrogens with zero attached hydrogens (tertiary/aromatic N) is 1. The van der Waals surface area contributed by atoms with Crippen LogP contribution in [-0.4, -0.2) is 60.0 Å². The van der Waals surface area contributed by atoms with Gasteiger partial charge in [-0.05, 0) is 45.4 Å². The Labute approximate surface area is 116 Å². The van der Waals surface area contributed by atoms with Crippen LogP contribution in [0.3, 0.4) is 0 Å². The van der Waals surface area contributed by atoms with Crippen LogP contribution in [0, 0.1) is 5.92 Å². The second-order valence-electron chi connectivity index (χ2n) is 7.29. The summed E-state index contributed by atoms with van der Waals surface area (Å²) in [5, 5.41) is 13.8. The van der Waals surface area contributed by atoms with Crippen LogP contribution in [-0.2, 0) is 4.74 Å². The van der Waals surface area contributed by atoms with Crippen molar-refractivity contribution in [2.45, 2.75) is 56.7 Å². The molecule has 110 valence electrons. The maximum absolute atomic E-state index is 10.0. The van der Waals surface area contributed by atoms with Gasteiger partial charge in [-0.15, -0.1) is 0 Å². The van der Waals surface area contributed by atoms with Crippen molar-refractivity contribution < 1.29 is 9.84 Å². The summed E-state index contributed by atoms with van der Waals surface area (Å²) in [4.78, 5) is 2.51. The minimum atomic E-state index is -0.0736. The van der Waals surface area contributed by atoms with Crippen LogP contribution in [0.25, 0.3) is 0 Å². The van der Waals surface area contributed by atoms with E-state index in [1.807, 2.05) is 0 Å². The molecular formula is C15H28N2O2. The Morgan fingerprint density at radius 2 is 2.05 bits per heavy atom. The van der Waals surface area contributed by atoms with E-state index in [2.05, 4.69) is 24.1 Å². The molecule has 1 heterocycles. The van der Waals surface area contributed by atoms with Gasteiger partial charge in [-0.3, -0.25) is 4.90 Å². The zero-order valence-corrected chi connectivity index (χ0v) is 12.3. The third-order valence-electron chi connectivity index (χ3n) is 5.00. The van der Waals surface area contributed by atoms with Gasteiger partial charge in [0.1, 0.15) is 0 Å². The van der Waals surface area contributed by atoms with Crippen LogP contribution in [0.15, 0.2) is 0 Å². The average Bonchev–Trinajstić information content (AvgIpc) is 3.24. The zero-order chi connectivity index (χ0) is 13.5. The molecule has 0 amide bonds. The number of aliphatic hydroxyl groups is 1. The van der Waals surface area contributed by atoms with Crippen molar-refractivity contribution in [3.63, 3.8) is 0 Å². The minimum Gasteiger partial charge on any atom is -0.394 e. The first-order chi connectivity index (χ1) is 9.06. The Morgan fingerprint density at radius 3 is 2.58 bits per heavy atom. The molecule has 4 heteroatoms. The first-order valence-corrected chi connectivity index (χ1v) is 7.77. The fourth-order valence-electron chi connectivity index (χ4n) is 3.31. The molecule has 1 aliphatic heterocycles. The van der Waals surface area contributed by atoms with Crippen molar-refractivity contribution in [3.8, 4) is 0 Å². The van der Waals surface area contributed by atoms with E-state index >= 15 is 0 Å². The molecule has 3 fully saturated rings. The van der Waals surface area contributed by atoms with E-state index in [0.717, 1.165) is 26.3 Å². The van der Waals surface area contributed by atoms with Gasteiger partial charge >= 0.3 is 0 Å². The van der Waals surface area contributed by atoms with Gasteiger partial charge in [0, 0.05) is 24.7 Å². The number of aliphatic hydroxyl groups excluding tert-OH is 1. The summed E-state index contributed by atoms with van der Waals surface area (Å²) in [6.45, 7) is 8.31. The van der Waals surface area contributed by atoms with Crippen LogP contribution < -0.4 is 5.32 Å². The van der Waals surface area contributed by atoms with Crippen LogP contribution in [0.1, 0.15) is 39.5 Å². The highest BCUT2D eigenvalue weighted by Crippen LogP contribution is 2.42. The molecule has 3 rings (SSSR count). The molecule has 0 bridgehead atoms. The van der Waals surface area contributed by atoms with Gasteiger partial charge in [-0.2, -0.15) is 0 Å². The van der Waals surface area contributed by atoms with Crippen molar-refractivity contribution in [3.05, 3.63) is 0 Å². The van der Waals surface area contributed by atoms with Crippen LogP contribution in [0.4, 0.5) is 0 Å². The number of rotatable bonds is 6. The fourth-order valence-corrected chi connectivity index (χ4v) is 3.31. The third-order valence-corrected chi connectivity index (χ3v) is 5.00. The van der Waals surface area contributed by atoms with Crippen molar-refractivity contribution in [2.75, 3.05) is 32.9 Å². The normalized spacial score (nSPS) is 31.1. The fraction of sp³-hybridized carbons (Fsp3) is 1.00. The summed E-state index contributed by atoms with van der Waals surface area (Å²) >= 11 is 0. The molecule has 0 aromatic heterocycles. The summed E-state index contributed by atoms with van der Waals surface area (Å²) in [6, 6.07) is 0.650. The first-order valence-electron chi connectivity index (χ1n) is 7.77. The second-order valence-corrected chi connectivity index (χ2v) is 7.29. The van der Waals surface area contributed by atoms with Crippen molar-refractivity contribution >= 4 is 0 Å². The molecule has 0 aromatic rings. The maximum Gasteiger partial charge on any atom is 0.0645 e. The topological polar surface area (TPSA) is 44.7 Å². The Morgan fingerprint density at radius 1 is 1.32 bits per heavy atom. The first kappa shape index (κ1) is 13.8. The Balaban J connectivity index is 1.71. The van der Waals surface area contributed by atoms with E-state index in [1.54, 1.807) is 0 Å². The monoisotopic (exact) mass is 268 g/mol. The molecule has 2 N–H and O–H groups in total. The molecule has 0 aromatic carbocycles. The molecule has 2 saturated carbocycles. The molecule has 19 heavy (non-hydrogen) atoms. The molecular weight excluding hydrogens is 240 g/mol. The highest BCUT2D eigenvalue weighted by atomic mass is 16.5. The highest BCUT2D eigenvalue weighted by molar-refractivity contribution is 5.07. The molecule has 1 saturated heterocycles. The number of ether oxygens (including phenoxy) is 1. The SMILES string of the molecule is CC1(C)COCCN1CC(CO)(NC1CC1)C1CC1. The molecule has 2 aliphatic carbocycles. The van der Waals surface area contributed by atoms with Gasteiger partial charge in [-0.25, -0.2) is 0 Å². The van der Waals surface area contributed by atoms with Crippen LogP contribution >= 0.6 is 0 Å². The largest absolute Gasteiger partial charge is 0.394 e. The lowest BCUT2D eigenvalue weighted by Crippen LogP contribution is -2.64. The molecule has 0 spiro atoms. The van der Waals surface area contributed by atoms with E-state index in [0.29, 0.717) is 12.0 Å². The zero-order valence-electron chi connectivity index (χ0n) is 12.3. The Hall–Kier alpha value is -0.160. The second kappa shape index (κ2) is 4.99. The number of morpholine rings is 1. The Kier molecular flexibility index (Phi) is 3.63. The molecule has 1 atom stereocenters. The summed E-state index contributed by atoms with van der Waals surface area (Å²) < 4.78 is 5.61. The highest BCUT2D eigenvalue weighted by Gasteiger charge is 2.49. The van der Waals surface area contributed by atoms with E-state index in [9.17, 15) is 5.11 Å². The summed E-state index contributed by atoms with van der Waals surface area (Å²) in [6.07, 6.45) is 5.10. The van der Waals surface area contributed by atoms with Crippen LogP contribution in [0.2, 0.25) is 0 Å². The summed E-state index contributed by atoms with van der Waals surface area (Å²) in [5.41, 5.74) is 0.00850. The summed E-state index contributed by atoms with van der Waals surface area (Å²) in [7, 11) is 0. The van der Waals surface area contributed by atoms with Crippen LogP contribution in [0.5, 0.6) is 0 Å². The number of nitrogens with one attached hydrogen (secondary N) is 1. The van der Waals surface area contributed by atoms with Gasteiger partial charge in [0.2, 0.25) is 0 Å². The van der Waals surface area contributed by atoms with E-state index in [4.69, 9.17) is 4.74 Å². The van der Waals surface area contributed by atoms with E-state index in [1.165, 1.54) is 25.7 Å². The van der Waals surface area contributed by atoms with Gasteiger partial charge in [-0.1, -0.05) is 0 Å². The van der Waals surface area contributed by atoms with E-state index in [-0.39, 0.29) is 17.7 Å². The molecule has 4 nitrogen and oxygen atoms in total.